The molecule has 8 heteroatoms. The van der Waals surface area contributed by atoms with Gasteiger partial charge in [0.2, 0.25) is 0 Å². The largest absolute Gasteiger partial charge is 1.00 e. The fourth-order valence-corrected chi connectivity index (χ4v) is 3.10. The van der Waals surface area contributed by atoms with Gasteiger partial charge in [0, 0.05) is 26.3 Å². The zero-order chi connectivity index (χ0) is 18.8. The number of halogens is 1. The molecule has 2 aliphatic rings. The van der Waals surface area contributed by atoms with Crippen LogP contribution in [-0.2, 0) is 16.5 Å². The first kappa shape index (κ1) is 24.3. The third-order valence-corrected chi connectivity index (χ3v) is 4.54. The van der Waals surface area contributed by atoms with E-state index in [1.807, 2.05) is 22.7 Å². The summed E-state index contributed by atoms with van der Waals surface area (Å²) in [5.74, 6) is 0. The summed E-state index contributed by atoms with van der Waals surface area (Å²) in [6.07, 6.45) is 10.4. The predicted octanol–water partition coefficient (Wildman–Crippen LogP) is -1.44. The first-order valence-electron chi connectivity index (χ1n) is 9.90. The SMILES string of the molecule is CCCO[C@@H]1CCN(C(=O)n2cc[n+](C)c2)C1.CCCO[C@@H]1CCNC1.[I-]. The van der Waals surface area contributed by atoms with E-state index in [1.54, 1.807) is 17.1 Å². The number of rotatable bonds is 6. The second kappa shape index (κ2) is 13.5. The van der Waals surface area contributed by atoms with Gasteiger partial charge in [-0.05, 0) is 32.2 Å². The van der Waals surface area contributed by atoms with Gasteiger partial charge in [-0.15, -0.1) is 0 Å². The van der Waals surface area contributed by atoms with E-state index in [2.05, 4.69) is 19.2 Å². The Labute approximate surface area is 180 Å². The van der Waals surface area contributed by atoms with Crippen molar-refractivity contribution in [3.63, 3.8) is 0 Å². The Balaban J connectivity index is 0.000000310. The fourth-order valence-electron chi connectivity index (χ4n) is 3.10. The van der Waals surface area contributed by atoms with Crippen LogP contribution in [0.25, 0.3) is 0 Å². The first-order chi connectivity index (χ1) is 12.6. The number of hydrogen-bond donors (Lipinski definition) is 1. The molecule has 0 unspecified atom stereocenters. The number of nitrogens with one attached hydrogen (secondary N) is 1. The van der Waals surface area contributed by atoms with E-state index in [0.717, 1.165) is 52.1 Å². The zero-order valence-electron chi connectivity index (χ0n) is 16.9. The number of hydrogen-bond acceptors (Lipinski definition) is 4. The molecule has 2 atom stereocenters. The summed E-state index contributed by atoms with van der Waals surface area (Å²) >= 11 is 0. The van der Waals surface area contributed by atoms with Crippen LogP contribution in [0.2, 0.25) is 0 Å². The highest BCUT2D eigenvalue weighted by molar-refractivity contribution is 5.76. The maximum atomic E-state index is 12.1. The zero-order valence-corrected chi connectivity index (χ0v) is 19.1. The van der Waals surface area contributed by atoms with Gasteiger partial charge in [-0.3, -0.25) is 0 Å². The molecule has 2 saturated heterocycles. The van der Waals surface area contributed by atoms with Gasteiger partial charge in [-0.1, -0.05) is 13.8 Å². The van der Waals surface area contributed by atoms with Crippen LogP contribution in [0.1, 0.15) is 39.5 Å². The van der Waals surface area contributed by atoms with Gasteiger partial charge in [-0.2, -0.15) is 4.57 Å². The minimum absolute atomic E-state index is 0. The van der Waals surface area contributed by atoms with Gasteiger partial charge in [0.15, 0.2) is 0 Å². The molecule has 1 N–H and O–H groups in total. The fraction of sp³-hybridized carbons (Fsp3) is 0.789. The molecule has 2 aliphatic heterocycles. The highest BCUT2D eigenvalue weighted by Crippen LogP contribution is 2.14. The molecular formula is C19H35IN4O3. The van der Waals surface area contributed by atoms with Crippen molar-refractivity contribution in [2.45, 2.75) is 51.7 Å². The quantitative estimate of drug-likeness (QED) is 0.389. The van der Waals surface area contributed by atoms with E-state index in [9.17, 15) is 4.79 Å². The third-order valence-electron chi connectivity index (χ3n) is 4.54. The van der Waals surface area contributed by atoms with E-state index in [0.29, 0.717) is 12.6 Å². The Kier molecular flexibility index (Phi) is 12.1. The molecule has 0 radical (unpaired) electrons. The molecule has 1 aromatic heterocycles. The molecule has 0 aromatic carbocycles. The molecule has 3 rings (SSSR count). The van der Waals surface area contributed by atoms with Crippen LogP contribution in [0.4, 0.5) is 4.79 Å². The summed E-state index contributed by atoms with van der Waals surface area (Å²) in [7, 11) is 1.90. The number of carbonyl (C=O) groups is 1. The molecule has 2 fully saturated rings. The van der Waals surface area contributed by atoms with Crippen molar-refractivity contribution in [1.82, 2.24) is 14.8 Å². The van der Waals surface area contributed by atoms with Crippen molar-refractivity contribution < 1.29 is 42.8 Å². The standard InChI is InChI=1S/C12H20N3O2.C7H15NO.HI/c1-3-8-17-11-4-5-14(9-11)12(16)15-7-6-13(2)10-15;1-2-5-9-7-3-4-8-6-7;/h6-7,10-11H,3-5,8-9H2,1-2H3;7-8H,2-6H2,1H3;1H/q+1;;/p-1/t11-;7-;/m11./s1. The number of carbonyl (C=O) groups excluding carboxylic acids is 1. The van der Waals surface area contributed by atoms with Crippen molar-refractivity contribution in [2.24, 2.45) is 7.05 Å². The molecule has 1 aromatic rings. The van der Waals surface area contributed by atoms with Crippen molar-refractivity contribution in [3.05, 3.63) is 18.7 Å². The summed E-state index contributed by atoms with van der Waals surface area (Å²) in [5, 5.41) is 3.26. The van der Waals surface area contributed by atoms with Crippen LogP contribution in [0, 0.1) is 0 Å². The summed E-state index contributed by atoms with van der Waals surface area (Å²) in [5.41, 5.74) is 0. The summed E-state index contributed by atoms with van der Waals surface area (Å²) < 4.78 is 14.6. The van der Waals surface area contributed by atoms with Crippen LogP contribution in [-0.4, -0.2) is 67.1 Å². The lowest BCUT2D eigenvalue weighted by molar-refractivity contribution is -0.670. The Hall–Kier alpha value is -0.710. The number of imidazole rings is 1. The Morgan fingerprint density at radius 3 is 2.44 bits per heavy atom. The molecule has 0 bridgehead atoms. The average molecular weight is 494 g/mol. The van der Waals surface area contributed by atoms with Crippen LogP contribution < -0.4 is 33.9 Å². The Morgan fingerprint density at radius 2 is 1.89 bits per heavy atom. The van der Waals surface area contributed by atoms with Gasteiger partial charge in [0.1, 0.15) is 12.4 Å². The van der Waals surface area contributed by atoms with Crippen LogP contribution in [0.3, 0.4) is 0 Å². The molecule has 1 amide bonds. The van der Waals surface area contributed by atoms with Crippen LogP contribution in [0.15, 0.2) is 18.7 Å². The molecule has 0 saturated carbocycles. The molecule has 0 aliphatic carbocycles. The number of aromatic nitrogens is 2. The molecule has 7 nitrogen and oxygen atoms in total. The van der Waals surface area contributed by atoms with Gasteiger partial charge in [0.25, 0.3) is 6.33 Å². The first-order valence-corrected chi connectivity index (χ1v) is 9.90. The maximum absolute atomic E-state index is 12.1. The molecule has 0 spiro atoms. The summed E-state index contributed by atoms with van der Waals surface area (Å²) in [6, 6.07) is 0.0354. The number of likely N-dealkylation sites (tertiary alicyclic amines) is 1. The average Bonchev–Trinajstić information content (AvgIpc) is 3.40. The number of amides is 1. The second-order valence-corrected chi connectivity index (χ2v) is 6.98. The van der Waals surface area contributed by atoms with Crippen molar-refractivity contribution in [3.8, 4) is 0 Å². The van der Waals surface area contributed by atoms with E-state index in [4.69, 9.17) is 9.47 Å². The molecular weight excluding hydrogens is 459 g/mol. The smallest absolute Gasteiger partial charge is 0.415 e. The lowest BCUT2D eigenvalue weighted by Crippen LogP contribution is -3.00. The molecule has 27 heavy (non-hydrogen) atoms. The minimum Gasteiger partial charge on any atom is -1.00 e. The van der Waals surface area contributed by atoms with Crippen LogP contribution >= 0.6 is 0 Å². The normalized spacial score (nSPS) is 21.5. The van der Waals surface area contributed by atoms with E-state index < -0.39 is 0 Å². The van der Waals surface area contributed by atoms with Gasteiger partial charge in [0.05, 0.1) is 25.8 Å². The van der Waals surface area contributed by atoms with Crippen molar-refractivity contribution in [2.75, 3.05) is 39.4 Å². The molecule has 156 valence electrons. The summed E-state index contributed by atoms with van der Waals surface area (Å²) in [6.45, 7) is 9.63. The highest BCUT2D eigenvalue weighted by Gasteiger charge is 2.30. The van der Waals surface area contributed by atoms with Crippen molar-refractivity contribution >= 4 is 6.03 Å². The third kappa shape index (κ3) is 8.45. The van der Waals surface area contributed by atoms with Gasteiger partial charge >= 0.3 is 6.03 Å². The molecule has 3 heterocycles. The minimum atomic E-state index is 0. The maximum Gasteiger partial charge on any atom is 0.415 e. The van der Waals surface area contributed by atoms with Gasteiger partial charge < -0.3 is 43.7 Å². The Morgan fingerprint density at radius 1 is 1.19 bits per heavy atom. The number of aryl methyl sites for hydroxylation is 1. The second-order valence-electron chi connectivity index (χ2n) is 6.98. The number of nitrogens with zero attached hydrogens (tertiary/aromatic N) is 3. The van der Waals surface area contributed by atoms with E-state index in [-0.39, 0.29) is 36.1 Å². The van der Waals surface area contributed by atoms with Crippen LogP contribution in [0.5, 0.6) is 0 Å². The highest BCUT2D eigenvalue weighted by atomic mass is 127. The lowest BCUT2D eigenvalue weighted by atomic mass is 10.3. The topological polar surface area (TPSA) is 59.6 Å². The monoisotopic (exact) mass is 494 g/mol. The van der Waals surface area contributed by atoms with Gasteiger partial charge in [-0.25, -0.2) is 9.36 Å². The summed E-state index contributed by atoms with van der Waals surface area (Å²) in [4.78, 5) is 13.9. The van der Waals surface area contributed by atoms with E-state index in [1.165, 1.54) is 6.42 Å². The number of ether oxygens (including phenoxy) is 2. The van der Waals surface area contributed by atoms with Crippen molar-refractivity contribution in [1.29, 1.82) is 0 Å². The Bertz CT molecular complexity index is 535. The predicted molar refractivity (Wildman–Crippen MR) is 100 cm³/mol. The van der Waals surface area contributed by atoms with E-state index >= 15 is 0 Å². The lowest BCUT2D eigenvalue weighted by Gasteiger charge is -2.13.